The van der Waals surface area contributed by atoms with Gasteiger partial charge in [-0.1, -0.05) is 45.7 Å². The van der Waals surface area contributed by atoms with Crippen molar-refractivity contribution in [1.82, 2.24) is 0 Å². The molecule has 0 aliphatic heterocycles. The molecule has 2 aromatic carbocycles. The molecule has 0 radical (unpaired) electrons. The van der Waals surface area contributed by atoms with Gasteiger partial charge in [-0.25, -0.2) is 0 Å². The van der Waals surface area contributed by atoms with E-state index in [-0.39, 0.29) is 43.6 Å². The van der Waals surface area contributed by atoms with E-state index in [1.165, 1.54) is 0 Å². The predicted octanol–water partition coefficient (Wildman–Crippen LogP) is 5.96. The maximum absolute atomic E-state index is 12.3. The predicted molar refractivity (Wildman–Crippen MR) is 148 cm³/mol. The Hall–Kier alpha value is -2.39. The van der Waals surface area contributed by atoms with Crippen molar-refractivity contribution in [2.45, 2.75) is 83.7 Å². The van der Waals surface area contributed by atoms with Gasteiger partial charge >= 0.3 is 5.97 Å². The Morgan fingerprint density at radius 2 is 1.21 bits per heavy atom. The lowest BCUT2D eigenvalue weighted by Crippen LogP contribution is -2.36. The monoisotopic (exact) mass is 534 g/mol. The zero-order chi connectivity index (χ0) is 27.9. The van der Waals surface area contributed by atoms with Gasteiger partial charge in [0.1, 0.15) is 31.2 Å². The molecule has 0 fully saturated rings. The summed E-state index contributed by atoms with van der Waals surface area (Å²) in [6.45, 7) is 6.71. The van der Waals surface area contributed by atoms with Crippen LogP contribution in [-0.4, -0.2) is 72.0 Å². The van der Waals surface area contributed by atoms with Crippen LogP contribution in [0.1, 0.15) is 59.3 Å². The number of methoxy groups -OCH3 is 4. The second-order valence-electron chi connectivity index (χ2n) is 9.30. The number of fused-ring (bicyclic) bond motifs is 1. The lowest BCUT2D eigenvalue weighted by Gasteiger charge is -2.26. The number of hydrogen-bond acceptors (Lipinski definition) is 8. The van der Waals surface area contributed by atoms with E-state index < -0.39 is 0 Å². The van der Waals surface area contributed by atoms with Crippen LogP contribution >= 0.6 is 0 Å². The molecule has 8 heteroatoms. The van der Waals surface area contributed by atoms with Gasteiger partial charge in [0.2, 0.25) is 0 Å². The molecule has 4 atom stereocenters. The average Bonchev–Trinajstić information content (AvgIpc) is 2.92. The van der Waals surface area contributed by atoms with Gasteiger partial charge in [0.05, 0.1) is 12.2 Å². The Morgan fingerprint density at radius 1 is 0.684 bits per heavy atom. The fraction of sp³-hybridized carbons (Fsp3) is 0.633. The highest BCUT2D eigenvalue weighted by molar-refractivity contribution is 5.93. The van der Waals surface area contributed by atoms with E-state index in [4.69, 9.17) is 33.2 Å². The molecule has 0 bridgehead atoms. The van der Waals surface area contributed by atoms with Crippen LogP contribution in [-0.2, 0) is 23.7 Å². The summed E-state index contributed by atoms with van der Waals surface area (Å²) in [5, 5.41) is 1.62. The van der Waals surface area contributed by atoms with Crippen molar-refractivity contribution >= 4 is 16.7 Å². The number of benzene rings is 2. The van der Waals surface area contributed by atoms with E-state index in [0.717, 1.165) is 36.5 Å². The van der Waals surface area contributed by atoms with Crippen molar-refractivity contribution in [2.24, 2.45) is 0 Å². The van der Waals surface area contributed by atoms with E-state index in [9.17, 15) is 4.79 Å². The van der Waals surface area contributed by atoms with E-state index in [0.29, 0.717) is 30.1 Å². The standard InChI is InChI=1S/C30H46O8/c1-8-12-24(32-4)28(34-6)19-36-26-17-21-15-11-16-23(38-30(31)14-10-3)22(21)18-27(26)37-20-29(35-7)25(33-5)13-9-2/h11,15-18,24-25,28-29H,8-10,12-14,19-20H2,1-7H3. The third-order valence-corrected chi connectivity index (χ3v) is 6.58. The number of rotatable bonds is 19. The molecular formula is C30H46O8. The zero-order valence-corrected chi connectivity index (χ0v) is 24.1. The first kappa shape index (κ1) is 31.8. The quantitative estimate of drug-likeness (QED) is 0.161. The molecule has 0 aliphatic rings. The number of ether oxygens (including phenoxy) is 7. The van der Waals surface area contributed by atoms with Gasteiger partial charge in [0.15, 0.2) is 11.5 Å². The van der Waals surface area contributed by atoms with Gasteiger partial charge in [0, 0.05) is 40.2 Å². The first-order valence-electron chi connectivity index (χ1n) is 13.6. The SMILES string of the molecule is CCCC(=O)Oc1cccc2cc(OCC(OC)C(CCC)OC)c(OCC(OC)C(CCC)OC)cc12. The zero-order valence-electron chi connectivity index (χ0n) is 24.1. The molecule has 0 amide bonds. The third-order valence-electron chi connectivity index (χ3n) is 6.58. The van der Waals surface area contributed by atoms with Crippen molar-refractivity contribution in [2.75, 3.05) is 41.7 Å². The molecule has 0 aromatic heterocycles. The molecular weight excluding hydrogens is 488 g/mol. The highest BCUT2D eigenvalue weighted by Gasteiger charge is 2.24. The van der Waals surface area contributed by atoms with Crippen LogP contribution in [0.3, 0.4) is 0 Å². The van der Waals surface area contributed by atoms with Crippen LogP contribution in [0.4, 0.5) is 0 Å². The van der Waals surface area contributed by atoms with Gasteiger partial charge in [-0.3, -0.25) is 4.79 Å². The molecule has 0 heterocycles. The van der Waals surface area contributed by atoms with E-state index in [2.05, 4.69) is 13.8 Å². The minimum Gasteiger partial charge on any atom is -0.487 e. The van der Waals surface area contributed by atoms with Crippen molar-refractivity contribution < 1.29 is 38.0 Å². The highest BCUT2D eigenvalue weighted by Crippen LogP contribution is 2.37. The third kappa shape index (κ3) is 9.12. The fourth-order valence-corrected chi connectivity index (χ4v) is 4.43. The number of carbonyl (C=O) groups is 1. The number of esters is 1. The maximum atomic E-state index is 12.3. The molecule has 8 nitrogen and oxygen atoms in total. The van der Waals surface area contributed by atoms with Crippen LogP contribution in [0.2, 0.25) is 0 Å². The molecule has 4 unspecified atom stereocenters. The maximum Gasteiger partial charge on any atom is 0.311 e. The Morgan fingerprint density at radius 3 is 1.68 bits per heavy atom. The summed E-state index contributed by atoms with van der Waals surface area (Å²) in [6, 6.07) is 9.35. The fourth-order valence-electron chi connectivity index (χ4n) is 4.43. The lowest BCUT2D eigenvalue weighted by atomic mass is 10.1. The van der Waals surface area contributed by atoms with Gasteiger partial charge in [-0.05, 0) is 42.8 Å². The van der Waals surface area contributed by atoms with Gasteiger partial charge in [-0.2, -0.15) is 0 Å². The summed E-state index contributed by atoms with van der Waals surface area (Å²) in [5.74, 6) is 1.29. The van der Waals surface area contributed by atoms with E-state index in [1.54, 1.807) is 34.5 Å². The van der Waals surface area contributed by atoms with Crippen molar-refractivity contribution in [3.63, 3.8) is 0 Å². The van der Waals surface area contributed by atoms with Crippen molar-refractivity contribution in [3.05, 3.63) is 30.3 Å². The smallest absolute Gasteiger partial charge is 0.311 e. The first-order chi connectivity index (χ1) is 18.5. The summed E-state index contributed by atoms with van der Waals surface area (Å²) in [4.78, 5) is 12.3. The molecule has 0 spiro atoms. The van der Waals surface area contributed by atoms with Crippen molar-refractivity contribution in [3.8, 4) is 17.2 Å². The second kappa shape index (κ2) is 17.2. The minimum absolute atomic E-state index is 0.0891. The van der Waals surface area contributed by atoms with Crippen LogP contribution < -0.4 is 14.2 Å². The summed E-state index contributed by atoms with van der Waals surface area (Å²) < 4.78 is 40.9. The topological polar surface area (TPSA) is 81.7 Å². The van der Waals surface area contributed by atoms with Crippen LogP contribution in [0.5, 0.6) is 17.2 Å². The molecule has 0 aliphatic carbocycles. The molecule has 0 saturated carbocycles. The molecule has 38 heavy (non-hydrogen) atoms. The summed E-state index contributed by atoms with van der Waals surface area (Å²) in [7, 11) is 6.68. The Balaban J connectivity index is 2.42. The average molecular weight is 535 g/mol. The van der Waals surface area contributed by atoms with E-state index in [1.807, 2.05) is 31.2 Å². The van der Waals surface area contributed by atoms with Crippen LogP contribution in [0.15, 0.2) is 30.3 Å². The van der Waals surface area contributed by atoms with E-state index >= 15 is 0 Å². The molecule has 214 valence electrons. The van der Waals surface area contributed by atoms with Gasteiger partial charge in [0.25, 0.3) is 0 Å². The molecule has 2 aromatic rings. The van der Waals surface area contributed by atoms with Gasteiger partial charge < -0.3 is 33.2 Å². The summed E-state index contributed by atoms with van der Waals surface area (Å²) in [5.41, 5.74) is 0. The minimum atomic E-state index is -0.269. The largest absolute Gasteiger partial charge is 0.487 e. The van der Waals surface area contributed by atoms with Crippen molar-refractivity contribution in [1.29, 1.82) is 0 Å². The summed E-state index contributed by atoms with van der Waals surface area (Å²) >= 11 is 0. The molecule has 2 rings (SSSR count). The Labute approximate surface area is 227 Å². The Kier molecular flexibility index (Phi) is 14.4. The molecule has 0 N–H and O–H groups in total. The first-order valence-corrected chi connectivity index (χ1v) is 13.6. The number of hydrogen-bond donors (Lipinski definition) is 0. The second-order valence-corrected chi connectivity index (χ2v) is 9.30. The Bertz CT molecular complexity index is 963. The summed E-state index contributed by atoms with van der Waals surface area (Å²) in [6.07, 6.45) is 4.00. The highest BCUT2D eigenvalue weighted by atomic mass is 16.6. The van der Waals surface area contributed by atoms with Gasteiger partial charge in [-0.15, -0.1) is 0 Å². The lowest BCUT2D eigenvalue weighted by molar-refractivity contribution is -0.134. The van der Waals surface area contributed by atoms with Crippen LogP contribution in [0, 0.1) is 0 Å². The normalized spacial score (nSPS) is 14.6. The van der Waals surface area contributed by atoms with Crippen LogP contribution in [0.25, 0.3) is 10.8 Å². The molecule has 0 saturated heterocycles. The number of carbonyl (C=O) groups excluding carboxylic acids is 1.